The van der Waals surface area contributed by atoms with Gasteiger partial charge in [-0.15, -0.1) is 11.3 Å². The number of nitrogens with one attached hydrogen (secondary N) is 1. The van der Waals surface area contributed by atoms with Gasteiger partial charge >= 0.3 is 0 Å². The fourth-order valence-electron chi connectivity index (χ4n) is 2.55. The molecule has 1 N–H and O–H groups in total. The second-order valence-electron chi connectivity index (χ2n) is 5.65. The van der Waals surface area contributed by atoms with E-state index in [1.54, 1.807) is 0 Å². The van der Waals surface area contributed by atoms with E-state index in [1.807, 2.05) is 11.3 Å². The zero-order valence-electron chi connectivity index (χ0n) is 11.2. The van der Waals surface area contributed by atoms with Crippen molar-refractivity contribution in [2.24, 2.45) is 5.92 Å². The van der Waals surface area contributed by atoms with E-state index in [0.29, 0.717) is 6.04 Å². The van der Waals surface area contributed by atoms with Crippen LogP contribution in [-0.2, 0) is 6.42 Å². The van der Waals surface area contributed by atoms with Gasteiger partial charge in [-0.3, -0.25) is 0 Å². The predicted molar refractivity (Wildman–Crippen MR) is 74.7 cm³/mol. The molecule has 1 aromatic heterocycles. The van der Waals surface area contributed by atoms with E-state index < -0.39 is 0 Å². The van der Waals surface area contributed by atoms with Crippen LogP contribution in [0.15, 0.2) is 5.38 Å². The Kier molecular flexibility index (Phi) is 4.57. The molecule has 2 nitrogen and oxygen atoms in total. The SMILES string of the molecule is CC1CCC(c2nc(CCNC(C)C)cs2)C1. The maximum Gasteiger partial charge on any atom is 0.0959 e. The molecule has 0 bridgehead atoms. The Morgan fingerprint density at radius 3 is 2.94 bits per heavy atom. The summed E-state index contributed by atoms with van der Waals surface area (Å²) in [5.74, 6) is 1.65. The molecule has 1 aliphatic rings. The summed E-state index contributed by atoms with van der Waals surface area (Å²) in [4.78, 5) is 4.80. The molecule has 1 aliphatic carbocycles. The summed E-state index contributed by atoms with van der Waals surface area (Å²) in [6, 6.07) is 0.573. The number of nitrogens with zero attached hydrogens (tertiary/aromatic N) is 1. The minimum absolute atomic E-state index is 0.573. The maximum atomic E-state index is 4.80. The first-order valence-corrected chi connectivity index (χ1v) is 7.70. The summed E-state index contributed by atoms with van der Waals surface area (Å²) >= 11 is 1.87. The first-order valence-electron chi connectivity index (χ1n) is 6.83. The largest absolute Gasteiger partial charge is 0.314 e. The highest BCUT2D eigenvalue weighted by atomic mass is 32.1. The second kappa shape index (κ2) is 5.96. The molecule has 1 heterocycles. The highest BCUT2D eigenvalue weighted by molar-refractivity contribution is 7.09. The average molecular weight is 252 g/mol. The molecule has 3 heteroatoms. The second-order valence-corrected chi connectivity index (χ2v) is 6.54. The van der Waals surface area contributed by atoms with Gasteiger partial charge in [0.25, 0.3) is 0 Å². The van der Waals surface area contributed by atoms with E-state index in [-0.39, 0.29) is 0 Å². The molecule has 0 radical (unpaired) electrons. The minimum atomic E-state index is 0.573. The summed E-state index contributed by atoms with van der Waals surface area (Å²) < 4.78 is 0. The molecular weight excluding hydrogens is 228 g/mol. The normalized spacial score (nSPS) is 24.7. The highest BCUT2D eigenvalue weighted by Crippen LogP contribution is 2.38. The van der Waals surface area contributed by atoms with E-state index in [9.17, 15) is 0 Å². The Balaban J connectivity index is 1.83. The van der Waals surface area contributed by atoms with Gasteiger partial charge in [0.15, 0.2) is 0 Å². The monoisotopic (exact) mass is 252 g/mol. The van der Waals surface area contributed by atoms with Gasteiger partial charge in [0.05, 0.1) is 10.7 Å². The number of hydrogen-bond acceptors (Lipinski definition) is 3. The quantitative estimate of drug-likeness (QED) is 0.866. The maximum absolute atomic E-state index is 4.80. The van der Waals surface area contributed by atoms with Crippen LogP contribution in [0.2, 0.25) is 0 Å². The lowest BCUT2D eigenvalue weighted by molar-refractivity contribution is 0.584. The van der Waals surface area contributed by atoms with Crippen LogP contribution in [-0.4, -0.2) is 17.6 Å². The molecule has 2 unspecified atom stereocenters. The predicted octanol–water partition coefficient (Wildman–Crippen LogP) is 3.59. The summed E-state index contributed by atoms with van der Waals surface area (Å²) in [6.45, 7) is 7.78. The minimum Gasteiger partial charge on any atom is -0.314 e. The number of hydrogen-bond donors (Lipinski definition) is 1. The van der Waals surface area contributed by atoms with Gasteiger partial charge in [0, 0.05) is 30.3 Å². The van der Waals surface area contributed by atoms with Crippen LogP contribution in [0, 0.1) is 5.92 Å². The van der Waals surface area contributed by atoms with Crippen molar-refractivity contribution in [2.75, 3.05) is 6.54 Å². The van der Waals surface area contributed by atoms with Crippen LogP contribution in [0.4, 0.5) is 0 Å². The van der Waals surface area contributed by atoms with Crippen molar-refractivity contribution in [3.05, 3.63) is 16.1 Å². The molecule has 2 rings (SSSR count). The molecule has 0 aliphatic heterocycles. The van der Waals surface area contributed by atoms with Crippen LogP contribution in [0.5, 0.6) is 0 Å². The zero-order valence-corrected chi connectivity index (χ0v) is 12.0. The van der Waals surface area contributed by atoms with Crippen molar-refractivity contribution in [1.82, 2.24) is 10.3 Å². The first-order chi connectivity index (χ1) is 8.15. The summed E-state index contributed by atoms with van der Waals surface area (Å²) in [6.07, 6.45) is 5.14. The lowest BCUT2D eigenvalue weighted by Gasteiger charge is -2.06. The molecule has 2 atom stereocenters. The molecule has 1 fully saturated rings. The number of thiazole rings is 1. The Morgan fingerprint density at radius 1 is 1.47 bits per heavy atom. The van der Waals surface area contributed by atoms with Crippen molar-refractivity contribution in [2.45, 2.75) is 58.4 Å². The van der Waals surface area contributed by atoms with Gasteiger partial charge < -0.3 is 5.32 Å². The van der Waals surface area contributed by atoms with Crippen LogP contribution in [0.1, 0.15) is 56.7 Å². The topological polar surface area (TPSA) is 24.9 Å². The Bertz CT molecular complexity index is 346. The lowest BCUT2D eigenvalue weighted by atomic mass is 10.1. The van der Waals surface area contributed by atoms with Crippen LogP contribution >= 0.6 is 11.3 Å². The van der Waals surface area contributed by atoms with Crippen LogP contribution in [0.3, 0.4) is 0 Å². The van der Waals surface area contributed by atoms with Crippen molar-refractivity contribution < 1.29 is 0 Å². The zero-order chi connectivity index (χ0) is 12.3. The van der Waals surface area contributed by atoms with Crippen molar-refractivity contribution in [3.63, 3.8) is 0 Å². The molecule has 17 heavy (non-hydrogen) atoms. The van der Waals surface area contributed by atoms with Crippen LogP contribution < -0.4 is 5.32 Å². The Hall–Kier alpha value is -0.410. The van der Waals surface area contributed by atoms with Crippen molar-refractivity contribution >= 4 is 11.3 Å². The Morgan fingerprint density at radius 2 is 2.29 bits per heavy atom. The van der Waals surface area contributed by atoms with E-state index in [1.165, 1.54) is 30.0 Å². The van der Waals surface area contributed by atoms with Gasteiger partial charge in [0.2, 0.25) is 0 Å². The summed E-state index contributed by atoms with van der Waals surface area (Å²) in [5.41, 5.74) is 1.28. The van der Waals surface area contributed by atoms with Gasteiger partial charge in [-0.25, -0.2) is 4.98 Å². The number of aromatic nitrogens is 1. The van der Waals surface area contributed by atoms with E-state index in [2.05, 4.69) is 31.5 Å². The molecule has 0 saturated heterocycles. The van der Waals surface area contributed by atoms with Crippen molar-refractivity contribution in [3.8, 4) is 0 Å². The fraction of sp³-hybridized carbons (Fsp3) is 0.786. The summed E-state index contributed by atoms with van der Waals surface area (Å²) in [7, 11) is 0. The lowest BCUT2D eigenvalue weighted by Crippen LogP contribution is -2.25. The molecule has 0 aromatic carbocycles. The molecular formula is C14H24N2S. The molecule has 1 aromatic rings. The molecule has 96 valence electrons. The fourth-order valence-corrected chi connectivity index (χ4v) is 3.55. The molecule has 1 saturated carbocycles. The third-order valence-electron chi connectivity index (χ3n) is 3.55. The standard InChI is InChI=1S/C14H24N2S/c1-10(2)15-7-6-13-9-17-14(16-13)12-5-4-11(3)8-12/h9-12,15H,4-8H2,1-3H3. The number of rotatable bonds is 5. The van der Waals surface area contributed by atoms with E-state index >= 15 is 0 Å². The van der Waals surface area contributed by atoms with Crippen LogP contribution in [0.25, 0.3) is 0 Å². The average Bonchev–Trinajstić information content (AvgIpc) is 2.86. The third kappa shape index (κ3) is 3.78. The third-order valence-corrected chi connectivity index (χ3v) is 4.60. The van der Waals surface area contributed by atoms with Gasteiger partial charge in [-0.1, -0.05) is 27.2 Å². The van der Waals surface area contributed by atoms with Gasteiger partial charge in [-0.05, 0) is 18.8 Å². The first kappa shape index (κ1) is 13.0. The van der Waals surface area contributed by atoms with E-state index in [0.717, 1.165) is 24.8 Å². The van der Waals surface area contributed by atoms with E-state index in [4.69, 9.17) is 4.98 Å². The molecule has 0 amide bonds. The highest BCUT2D eigenvalue weighted by Gasteiger charge is 2.24. The van der Waals surface area contributed by atoms with Gasteiger partial charge in [0.1, 0.15) is 0 Å². The van der Waals surface area contributed by atoms with Gasteiger partial charge in [-0.2, -0.15) is 0 Å². The van der Waals surface area contributed by atoms with Crippen molar-refractivity contribution in [1.29, 1.82) is 0 Å². The molecule has 0 spiro atoms. The Labute approximate surface area is 109 Å². The summed E-state index contributed by atoms with van der Waals surface area (Å²) in [5, 5.41) is 7.08. The smallest absolute Gasteiger partial charge is 0.0959 e.